The van der Waals surface area contributed by atoms with Crippen molar-refractivity contribution in [2.45, 2.75) is 58.0 Å². The van der Waals surface area contributed by atoms with Crippen molar-refractivity contribution in [3.8, 4) is 5.75 Å². The van der Waals surface area contributed by atoms with Crippen molar-refractivity contribution in [2.24, 2.45) is 11.8 Å². The fraction of sp³-hybridized carbons (Fsp3) is 0.538. The Kier molecular flexibility index (Phi) is 10.3. The van der Waals surface area contributed by atoms with Crippen LogP contribution in [0.3, 0.4) is 0 Å². The molecule has 4 N–H and O–H groups in total. The zero-order valence-corrected chi connectivity index (χ0v) is 21.9. The standard InChI is InChI=1S/C26H33F3N4O6/c1-13(2)9-18(33-26(37)19-11-15-16(31-19)5-4-6-21(15)38-3)25(36)32-17(10-14-7-8-30-24(14)35)20(34)12-39-23(29)22(27)28/h4-6,11,13-14,17-18,22-23,31H,7-10,12H2,1-3H3,(H,30,35)(H,32,36)(H,33,37). The van der Waals surface area contributed by atoms with Gasteiger partial charge in [-0.15, -0.1) is 0 Å². The first-order valence-corrected chi connectivity index (χ1v) is 12.6. The van der Waals surface area contributed by atoms with E-state index in [1.165, 1.54) is 7.11 Å². The lowest BCUT2D eigenvalue weighted by molar-refractivity contribution is -0.150. The van der Waals surface area contributed by atoms with Gasteiger partial charge in [0.25, 0.3) is 18.7 Å². The lowest BCUT2D eigenvalue weighted by atomic mass is 9.95. The summed E-state index contributed by atoms with van der Waals surface area (Å²) in [5.41, 5.74) is 0.834. The van der Waals surface area contributed by atoms with Crippen molar-refractivity contribution in [1.29, 1.82) is 0 Å². The van der Waals surface area contributed by atoms with Crippen LogP contribution in [0.5, 0.6) is 5.75 Å². The lowest BCUT2D eigenvalue weighted by Crippen LogP contribution is -2.53. The first-order valence-electron chi connectivity index (χ1n) is 12.6. The Hall–Kier alpha value is -3.61. The number of ketones is 1. The van der Waals surface area contributed by atoms with Crippen LogP contribution in [0.15, 0.2) is 24.3 Å². The highest BCUT2D eigenvalue weighted by atomic mass is 19.3. The highest BCUT2D eigenvalue weighted by Crippen LogP contribution is 2.26. The maximum Gasteiger partial charge on any atom is 0.293 e. The Morgan fingerprint density at radius 1 is 1.13 bits per heavy atom. The van der Waals surface area contributed by atoms with Gasteiger partial charge in [0.2, 0.25) is 11.8 Å². The van der Waals surface area contributed by atoms with E-state index in [0.717, 1.165) is 0 Å². The number of hydrogen-bond acceptors (Lipinski definition) is 6. The van der Waals surface area contributed by atoms with E-state index in [-0.39, 0.29) is 30.4 Å². The molecule has 13 heteroatoms. The number of benzene rings is 1. The van der Waals surface area contributed by atoms with E-state index in [1.807, 2.05) is 13.8 Å². The average Bonchev–Trinajstić information content (AvgIpc) is 3.51. The van der Waals surface area contributed by atoms with Crippen molar-refractivity contribution in [3.63, 3.8) is 0 Å². The molecule has 1 aliphatic heterocycles. The fourth-order valence-electron chi connectivity index (χ4n) is 4.40. The van der Waals surface area contributed by atoms with E-state index in [2.05, 4.69) is 25.7 Å². The minimum absolute atomic E-state index is 0.0414. The minimum Gasteiger partial charge on any atom is -0.496 e. The van der Waals surface area contributed by atoms with E-state index >= 15 is 0 Å². The number of nitrogens with one attached hydrogen (secondary N) is 4. The van der Waals surface area contributed by atoms with Crippen molar-refractivity contribution in [1.82, 2.24) is 20.9 Å². The van der Waals surface area contributed by atoms with Crippen LogP contribution in [0, 0.1) is 11.8 Å². The minimum atomic E-state index is -3.44. The third kappa shape index (κ3) is 7.94. The zero-order valence-electron chi connectivity index (χ0n) is 21.9. The van der Waals surface area contributed by atoms with Gasteiger partial charge in [-0.05, 0) is 43.4 Å². The van der Waals surface area contributed by atoms with Crippen molar-refractivity contribution < 1.29 is 41.8 Å². The molecule has 3 rings (SSSR count). The number of halogens is 3. The first-order chi connectivity index (χ1) is 18.5. The van der Waals surface area contributed by atoms with Gasteiger partial charge in [0.1, 0.15) is 24.1 Å². The van der Waals surface area contributed by atoms with Crippen LogP contribution in [0.2, 0.25) is 0 Å². The number of alkyl halides is 3. The summed E-state index contributed by atoms with van der Waals surface area (Å²) in [6.07, 6.45) is -5.93. The molecule has 2 aromatic rings. The molecule has 0 radical (unpaired) electrons. The van der Waals surface area contributed by atoms with Crippen LogP contribution < -0.4 is 20.7 Å². The molecule has 1 saturated heterocycles. The molecule has 1 aromatic carbocycles. The molecule has 2 heterocycles. The highest BCUT2D eigenvalue weighted by molar-refractivity contribution is 6.02. The Balaban J connectivity index is 1.76. The Labute approximate surface area is 223 Å². The number of fused-ring (bicyclic) bond motifs is 1. The average molecular weight is 555 g/mol. The van der Waals surface area contributed by atoms with Crippen LogP contribution in [-0.4, -0.2) is 73.6 Å². The zero-order chi connectivity index (χ0) is 28.7. The molecule has 4 atom stereocenters. The normalized spacial score (nSPS) is 17.6. The van der Waals surface area contributed by atoms with Crippen molar-refractivity contribution in [3.05, 3.63) is 30.0 Å². The number of methoxy groups -OCH3 is 1. The van der Waals surface area contributed by atoms with Gasteiger partial charge in [-0.2, -0.15) is 0 Å². The smallest absolute Gasteiger partial charge is 0.293 e. The van der Waals surface area contributed by atoms with Crippen LogP contribution in [0.1, 0.15) is 43.6 Å². The summed E-state index contributed by atoms with van der Waals surface area (Å²) < 4.78 is 47.8. The van der Waals surface area contributed by atoms with Crippen LogP contribution in [-0.2, 0) is 19.1 Å². The van der Waals surface area contributed by atoms with Gasteiger partial charge in [0.05, 0.1) is 13.2 Å². The molecule has 39 heavy (non-hydrogen) atoms. The number of rotatable bonds is 14. The number of carbonyl (C=O) groups is 4. The van der Waals surface area contributed by atoms with Gasteiger partial charge in [-0.25, -0.2) is 13.2 Å². The Morgan fingerprint density at radius 3 is 2.49 bits per heavy atom. The van der Waals surface area contributed by atoms with E-state index < -0.39 is 55.0 Å². The second-order valence-corrected chi connectivity index (χ2v) is 9.80. The monoisotopic (exact) mass is 554 g/mol. The molecule has 0 saturated carbocycles. The van der Waals surface area contributed by atoms with Gasteiger partial charge in [-0.1, -0.05) is 19.9 Å². The number of amides is 3. The van der Waals surface area contributed by atoms with Crippen LogP contribution in [0.4, 0.5) is 13.2 Å². The van der Waals surface area contributed by atoms with Crippen molar-refractivity contribution in [2.75, 3.05) is 20.3 Å². The number of ether oxygens (including phenoxy) is 2. The predicted molar refractivity (Wildman–Crippen MR) is 135 cm³/mol. The first kappa shape index (κ1) is 29.9. The van der Waals surface area contributed by atoms with E-state index in [0.29, 0.717) is 29.6 Å². The summed E-state index contributed by atoms with van der Waals surface area (Å²) in [6, 6.07) is 4.46. The number of H-pyrrole nitrogens is 1. The van der Waals surface area contributed by atoms with Gasteiger partial charge < -0.3 is 30.4 Å². The van der Waals surface area contributed by atoms with Crippen molar-refractivity contribution >= 4 is 34.4 Å². The molecule has 0 bridgehead atoms. The maximum absolute atomic E-state index is 13.3. The summed E-state index contributed by atoms with van der Waals surface area (Å²) in [6.45, 7) is 3.04. The molecule has 10 nitrogen and oxygen atoms in total. The Bertz CT molecular complexity index is 1190. The third-order valence-corrected chi connectivity index (χ3v) is 6.39. The summed E-state index contributed by atoms with van der Waals surface area (Å²) in [5.74, 6) is -2.58. The maximum atomic E-state index is 13.3. The Morgan fingerprint density at radius 2 is 1.87 bits per heavy atom. The van der Waals surface area contributed by atoms with Gasteiger partial charge >= 0.3 is 0 Å². The second-order valence-electron chi connectivity index (χ2n) is 9.80. The largest absolute Gasteiger partial charge is 0.496 e. The molecular weight excluding hydrogens is 521 g/mol. The summed E-state index contributed by atoms with van der Waals surface area (Å²) >= 11 is 0. The van der Waals surface area contributed by atoms with Gasteiger partial charge in [0, 0.05) is 23.4 Å². The molecule has 1 fully saturated rings. The molecule has 0 aliphatic carbocycles. The number of Topliss-reactive ketones (excluding diaryl/α,β-unsaturated/α-hetero) is 1. The molecule has 0 spiro atoms. The lowest BCUT2D eigenvalue weighted by Gasteiger charge is -2.25. The van der Waals surface area contributed by atoms with Crippen LogP contribution >= 0.6 is 0 Å². The molecule has 1 aromatic heterocycles. The fourth-order valence-corrected chi connectivity index (χ4v) is 4.40. The van der Waals surface area contributed by atoms with E-state index in [1.54, 1.807) is 24.3 Å². The molecule has 4 unspecified atom stereocenters. The van der Waals surface area contributed by atoms with E-state index in [9.17, 15) is 32.3 Å². The van der Waals surface area contributed by atoms with Gasteiger partial charge in [0.15, 0.2) is 5.78 Å². The second kappa shape index (κ2) is 13.5. The highest BCUT2D eigenvalue weighted by Gasteiger charge is 2.34. The topological polar surface area (TPSA) is 139 Å². The number of hydrogen-bond donors (Lipinski definition) is 4. The number of aromatic amines is 1. The summed E-state index contributed by atoms with van der Waals surface area (Å²) in [5, 5.41) is 8.49. The SMILES string of the molecule is COc1cccc2[nH]c(C(=O)NC(CC(C)C)C(=O)NC(CC3CCNC3=O)C(=O)COC(F)C(F)F)cc12. The summed E-state index contributed by atoms with van der Waals surface area (Å²) in [4.78, 5) is 54.2. The quantitative estimate of drug-likeness (QED) is 0.283. The van der Waals surface area contributed by atoms with Crippen LogP contribution in [0.25, 0.3) is 10.9 Å². The number of aromatic nitrogens is 1. The predicted octanol–water partition coefficient (Wildman–Crippen LogP) is 2.48. The summed E-state index contributed by atoms with van der Waals surface area (Å²) in [7, 11) is 1.50. The molecule has 214 valence electrons. The molecule has 3 amide bonds. The molecular formula is C26H33F3N4O6. The van der Waals surface area contributed by atoms with Gasteiger partial charge in [-0.3, -0.25) is 19.2 Å². The third-order valence-electron chi connectivity index (χ3n) is 6.39. The molecule has 1 aliphatic rings. The number of carbonyl (C=O) groups excluding carboxylic acids is 4. The van der Waals surface area contributed by atoms with E-state index in [4.69, 9.17) is 4.74 Å².